The Hall–Kier alpha value is -2.84. The number of amides is 1. The van der Waals surface area contributed by atoms with Gasteiger partial charge in [-0.15, -0.1) is 0 Å². The molecule has 0 radical (unpaired) electrons. The Morgan fingerprint density at radius 2 is 1.96 bits per heavy atom. The molecule has 0 saturated heterocycles. The van der Waals surface area contributed by atoms with E-state index < -0.39 is 11.5 Å². The Balaban J connectivity index is 1.56. The minimum absolute atomic E-state index is 0.0729. The van der Waals surface area contributed by atoms with Gasteiger partial charge in [0, 0.05) is 25.2 Å². The van der Waals surface area contributed by atoms with E-state index in [4.69, 9.17) is 4.52 Å². The highest BCUT2D eigenvalue weighted by atomic mass is 16.5. The van der Waals surface area contributed by atoms with Crippen molar-refractivity contribution in [3.8, 4) is 11.6 Å². The molecule has 2 heterocycles. The summed E-state index contributed by atoms with van der Waals surface area (Å²) in [5.41, 5.74) is -1.17. The predicted octanol–water partition coefficient (Wildman–Crippen LogP) is 2.00. The highest BCUT2D eigenvalue weighted by Gasteiger charge is 2.42. The van der Waals surface area contributed by atoms with Crippen LogP contribution in [0.25, 0.3) is 11.6 Å². The number of carboxylic acids is 1. The van der Waals surface area contributed by atoms with Gasteiger partial charge >= 0.3 is 5.97 Å². The summed E-state index contributed by atoms with van der Waals surface area (Å²) in [5, 5.41) is 16.2. The maximum absolute atomic E-state index is 12.3. The SMILES string of the molecule is CCC1CCC(NC(=O)CCc2nc(-c3ncccn3)no2)(C(=O)O)CC1. The van der Waals surface area contributed by atoms with Gasteiger partial charge in [-0.2, -0.15) is 4.98 Å². The Labute approximate surface area is 156 Å². The number of nitrogens with one attached hydrogen (secondary N) is 1. The standard InChI is InChI=1S/C18H23N5O4/c1-2-12-6-8-18(9-7-12,17(25)26)22-13(24)4-5-14-21-16(23-27-14)15-19-10-3-11-20-15/h3,10-12H,2,4-9H2,1H3,(H,22,24)(H,25,26). The third kappa shape index (κ3) is 4.47. The van der Waals surface area contributed by atoms with Gasteiger partial charge in [0.25, 0.3) is 0 Å². The quantitative estimate of drug-likeness (QED) is 0.753. The molecule has 0 atom stereocenters. The van der Waals surface area contributed by atoms with Crippen LogP contribution in [-0.4, -0.2) is 42.6 Å². The van der Waals surface area contributed by atoms with Gasteiger partial charge in [-0.1, -0.05) is 18.5 Å². The van der Waals surface area contributed by atoms with E-state index in [1.165, 1.54) is 0 Å². The molecule has 1 aliphatic rings. The third-order valence-electron chi connectivity index (χ3n) is 5.12. The summed E-state index contributed by atoms with van der Waals surface area (Å²) in [6.07, 6.45) is 7.03. The molecule has 0 bridgehead atoms. The first-order chi connectivity index (χ1) is 13.0. The second kappa shape index (κ2) is 8.24. The molecule has 0 spiro atoms. The molecule has 9 heteroatoms. The van der Waals surface area contributed by atoms with Gasteiger partial charge < -0.3 is 14.9 Å². The third-order valence-corrected chi connectivity index (χ3v) is 5.12. The fourth-order valence-corrected chi connectivity index (χ4v) is 3.38. The van der Waals surface area contributed by atoms with Crippen LogP contribution in [0, 0.1) is 5.92 Å². The molecule has 0 unspecified atom stereocenters. The zero-order valence-corrected chi connectivity index (χ0v) is 15.2. The van der Waals surface area contributed by atoms with Crippen molar-refractivity contribution in [2.45, 2.75) is 57.4 Å². The zero-order chi connectivity index (χ0) is 19.3. The number of rotatable bonds is 7. The summed E-state index contributed by atoms with van der Waals surface area (Å²) in [7, 11) is 0. The van der Waals surface area contributed by atoms with Crippen LogP contribution in [0.4, 0.5) is 0 Å². The molecule has 9 nitrogen and oxygen atoms in total. The van der Waals surface area contributed by atoms with E-state index in [0.717, 1.165) is 19.3 Å². The molecule has 2 N–H and O–H groups in total. The lowest BCUT2D eigenvalue weighted by atomic mass is 9.75. The number of hydrogen-bond acceptors (Lipinski definition) is 7. The molecule has 1 fully saturated rings. The first-order valence-electron chi connectivity index (χ1n) is 9.17. The largest absolute Gasteiger partial charge is 0.480 e. The van der Waals surface area contributed by atoms with Crippen LogP contribution >= 0.6 is 0 Å². The maximum Gasteiger partial charge on any atom is 0.329 e. The van der Waals surface area contributed by atoms with Gasteiger partial charge in [0.15, 0.2) is 0 Å². The van der Waals surface area contributed by atoms with Gasteiger partial charge in [-0.25, -0.2) is 14.8 Å². The van der Waals surface area contributed by atoms with Crippen LogP contribution in [0.5, 0.6) is 0 Å². The lowest BCUT2D eigenvalue weighted by molar-refractivity contribution is -0.149. The minimum Gasteiger partial charge on any atom is -0.480 e. The molecule has 0 aliphatic heterocycles. The van der Waals surface area contributed by atoms with Gasteiger partial charge in [-0.3, -0.25) is 4.79 Å². The van der Waals surface area contributed by atoms with Crippen molar-refractivity contribution in [3.05, 3.63) is 24.4 Å². The number of carbonyl (C=O) groups excluding carboxylic acids is 1. The van der Waals surface area contributed by atoms with Crippen LogP contribution < -0.4 is 5.32 Å². The summed E-state index contributed by atoms with van der Waals surface area (Å²) in [6.45, 7) is 2.11. The average molecular weight is 373 g/mol. The lowest BCUT2D eigenvalue weighted by Gasteiger charge is -2.37. The summed E-state index contributed by atoms with van der Waals surface area (Å²) >= 11 is 0. The number of aromatic nitrogens is 4. The number of carboxylic acid groups (broad SMARTS) is 1. The zero-order valence-electron chi connectivity index (χ0n) is 15.2. The van der Waals surface area contributed by atoms with Gasteiger partial charge in [0.05, 0.1) is 0 Å². The number of carbonyl (C=O) groups is 2. The van der Waals surface area contributed by atoms with Crippen molar-refractivity contribution >= 4 is 11.9 Å². The van der Waals surface area contributed by atoms with Crippen LogP contribution in [0.15, 0.2) is 23.0 Å². The monoisotopic (exact) mass is 373 g/mol. The molecule has 1 aliphatic carbocycles. The lowest BCUT2D eigenvalue weighted by Crippen LogP contribution is -2.56. The smallest absolute Gasteiger partial charge is 0.329 e. The Kier molecular flexibility index (Phi) is 5.78. The van der Waals surface area contributed by atoms with E-state index in [1.54, 1.807) is 18.5 Å². The minimum atomic E-state index is -1.17. The van der Waals surface area contributed by atoms with E-state index in [9.17, 15) is 14.7 Å². The van der Waals surface area contributed by atoms with Crippen LogP contribution in [0.2, 0.25) is 0 Å². The van der Waals surface area contributed by atoms with Crippen molar-refractivity contribution < 1.29 is 19.2 Å². The van der Waals surface area contributed by atoms with Crippen molar-refractivity contribution in [2.24, 2.45) is 5.92 Å². The molecule has 1 saturated carbocycles. The van der Waals surface area contributed by atoms with Crippen LogP contribution in [0.1, 0.15) is 51.3 Å². The highest BCUT2D eigenvalue weighted by Crippen LogP contribution is 2.34. The molecular weight excluding hydrogens is 350 g/mol. The molecule has 0 aromatic carbocycles. The van der Waals surface area contributed by atoms with Crippen molar-refractivity contribution in [2.75, 3.05) is 0 Å². The summed E-state index contributed by atoms with van der Waals surface area (Å²) in [6, 6.07) is 1.68. The van der Waals surface area contributed by atoms with Crippen molar-refractivity contribution in [3.63, 3.8) is 0 Å². The van der Waals surface area contributed by atoms with E-state index in [2.05, 4.69) is 32.3 Å². The number of aryl methyl sites for hydroxylation is 1. The maximum atomic E-state index is 12.3. The Bertz CT molecular complexity index is 784. The van der Waals surface area contributed by atoms with E-state index >= 15 is 0 Å². The van der Waals surface area contributed by atoms with Crippen LogP contribution in [0.3, 0.4) is 0 Å². The van der Waals surface area contributed by atoms with Crippen molar-refractivity contribution in [1.82, 2.24) is 25.4 Å². The predicted molar refractivity (Wildman–Crippen MR) is 94.4 cm³/mol. The normalized spacial score (nSPS) is 22.3. The summed E-state index contributed by atoms with van der Waals surface area (Å²) in [4.78, 5) is 36.4. The topological polar surface area (TPSA) is 131 Å². The molecule has 1 amide bonds. The molecule has 3 rings (SSSR count). The first kappa shape index (κ1) is 18.9. The Morgan fingerprint density at radius 1 is 1.26 bits per heavy atom. The number of hydrogen-bond donors (Lipinski definition) is 2. The fourth-order valence-electron chi connectivity index (χ4n) is 3.38. The van der Waals surface area contributed by atoms with Crippen LogP contribution in [-0.2, 0) is 16.0 Å². The molecule has 144 valence electrons. The molecular formula is C18H23N5O4. The molecule has 2 aromatic heterocycles. The number of nitrogens with zero attached hydrogens (tertiary/aromatic N) is 4. The van der Waals surface area contributed by atoms with E-state index in [0.29, 0.717) is 24.6 Å². The molecule has 2 aromatic rings. The van der Waals surface area contributed by atoms with Gasteiger partial charge in [0.1, 0.15) is 5.54 Å². The van der Waals surface area contributed by atoms with E-state index in [-0.39, 0.29) is 30.5 Å². The van der Waals surface area contributed by atoms with Gasteiger partial charge in [-0.05, 0) is 37.7 Å². The molecule has 27 heavy (non-hydrogen) atoms. The first-order valence-corrected chi connectivity index (χ1v) is 9.17. The van der Waals surface area contributed by atoms with Crippen molar-refractivity contribution in [1.29, 1.82) is 0 Å². The number of aliphatic carboxylic acids is 1. The fraction of sp³-hybridized carbons (Fsp3) is 0.556. The second-order valence-corrected chi connectivity index (χ2v) is 6.87. The van der Waals surface area contributed by atoms with Gasteiger partial charge in [0.2, 0.25) is 23.4 Å². The highest BCUT2D eigenvalue weighted by molar-refractivity contribution is 5.87. The second-order valence-electron chi connectivity index (χ2n) is 6.87. The Morgan fingerprint density at radius 3 is 2.59 bits per heavy atom. The van der Waals surface area contributed by atoms with E-state index in [1.807, 2.05) is 0 Å². The summed E-state index contributed by atoms with van der Waals surface area (Å²) < 4.78 is 5.12. The average Bonchev–Trinajstić information content (AvgIpc) is 3.17. The summed E-state index contributed by atoms with van der Waals surface area (Å²) in [5.74, 6) is 0.119.